The van der Waals surface area contributed by atoms with Crippen LogP contribution in [0.1, 0.15) is 43.7 Å². The number of halogens is 1. The van der Waals surface area contributed by atoms with E-state index in [-0.39, 0.29) is 5.54 Å². The van der Waals surface area contributed by atoms with Gasteiger partial charge in [-0.25, -0.2) is 0 Å². The topological polar surface area (TPSA) is 35.2 Å². The molecule has 1 saturated carbocycles. The zero-order valence-corrected chi connectivity index (χ0v) is 11.6. The number of benzene rings is 1. The predicted molar refractivity (Wildman–Crippen MR) is 69.9 cm³/mol. The third-order valence-electron chi connectivity index (χ3n) is 3.26. The smallest absolute Gasteiger partial charge is 0.136 e. The number of hydrogen-bond acceptors (Lipinski definition) is 2. The summed E-state index contributed by atoms with van der Waals surface area (Å²) in [7, 11) is 1.71. The first-order valence-electron chi connectivity index (χ1n) is 5.65. The van der Waals surface area contributed by atoms with Gasteiger partial charge in [0.05, 0.1) is 11.6 Å². The molecule has 2 N–H and O–H groups in total. The molecule has 0 aromatic heterocycles. The molecule has 2 rings (SSSR count). The Hall–Kier alpha value is -0.540. The summed E-state index contributed by atoms with van der Waals surface area (Å²) in [5, 5.41) is 0. The van der Waals surface area contributed by atoms with Gasteiger partial charge in [0, 0.05) is 5.54 Å². The van der Waals surface area contributed by atoms with Crippen LogP contribution in [-0.4, -0.2) is 7.11 Å². The highest BCUT2D eigenvalue weighted by Crippen LogP contribution is 2.46. The van der Waals surface area contributed by atoms with Crippen LogP contribution in [0.3, 0.4) is 0 Å². The van der Waals surface area contributed by atoms with Gasteiger partial charge in [0.2, 0.25) is 0 Å². The van der Waals surface area contributed by atoms with E-state index in [1.165, 1.54) is 11.1 Å². The molecule has 0 spiro atoms. The summed E-state index contributed by atoms with van der Waals surface area (Å²) in [6, 6.07) is 4.29. The van der Waals surface area contributed by atoms with Crippen LogP contribution in [-0.2, 0) is 5.54 Å². The molecule has 1 fully saturated rings. The van der Waals surface area contributed by atoms with Gasteiger partial charge in [-0.1, -0.05) is 13.8 Å². The minimum Gasteiger partial charge on any atom is -0.495 e. The lowest BCUT2D eigenvalue weighted by Crippen LogP contribution is -2.19. The van der Waals surface area contributed by atoms with Crippen LogP contribution in [0.5, 0.6) is 5.75 Å². The third-order valence-corrected chi connectivity index (χ3v) is 3.85. The molecule has 0 atom stereocenters. The molecular formula is C13H18BrNO. The molecular weight excluding hydrogens is 266 g/mol. The Morgan fingerprint density at radius 1 is 1.38 bits per heavy atom. The minimum absolute atomic E-state index is 0.0849. The Balaban J connectivity index is 2.52. The lowest BCUT2D eigenvalue weighted by molar-refractivity contribution is 0.404. The lowest BCUT2D eigenvalue weighted by atomic mass is 9.96. The highest BCUT2D eigenvalue weighted by Gasteiger charge is 2.40. The van der Waals surface area contributed by atoms with Gasteiger partial charge in [0.1, 0.15) is 5.75 Å². The zero-order chi connectivity index (χ0) is 11.9. The molecule has 1 aliphatic rings. The number of ether oxygens (including phenoxy) is 1. The van der Waals surface area contributed by atoms with Crippen molar-refractivity contribution in [1.29, 1.82) is 0 Å². The van der Waals surface area contributed by atoms with Crippen LogP contribution >= 0.6 is 15.9 Å². The second-order valence-electron chi connectivity index (χ2n) is 4.89. The Morgan fingerprint density at radius 2 is 2.00 bits per heavy atom. The normalized spacial score (nSPS) is 17.6. The number of nitrogens with two attached hydrogens (primary N) is 1. The van der Waals surface area contributed by atoms with Crippen LogP contribution in [0.25, 0.3) is 0 Å². The van der Waals surface area contributed by atoms with Crippen LogP contribution < -0.4 is 10.5 Å². The maximum Gasteiger partial charge on any atom is 0.136 e. The van der Waals surface area contributed by atoms with Gasteiger partial charge in [-0.15, -0.1) is 0 Å². The molecule has 0 unspecified atom stereocenters. The van der Waals surface area contributed by atoms with E-state index in [1.54, 1.807) is 7.11 Å². The van der Waals surface area contributed by atoms with Gasteiger partial charge in [-0.2, -0.15) is 0 Å². The fourth-order valence-electron chi connectivity index (χ4n) is 1.97. The molecule has 0 aliphatic heterocycles. The summed E-state index contributed by atoms with van der Waals surface area (Å²) in [5.74, 6) is 1.37. The first-order chi connectivity index (χ1) is 7.48. The largest absolute Gasteiger partial charge is 0.495 e. The highest BCUT2D eigenvalue weighted by atomic mass is 79.9. The molecule has 1 aromatic rings. The van der Waals surface area contributed by atoms with E-state index < -0.39 is 0 Å². The van der Waals surface area contributed by atoms with E-state index in [1.807, 2.05) is 0 Å². The molecule has 1 aliphatic carbocycles. The zero-order valence-electron chi connectivity index (χ0n) is 10.0. The molecule has 1 aromatic carbocycles. The van der Waals surface area contributed by atoms with Gasteiger partial charge < -0.3 is 10.5 Å². The molecule has 16 heavy (non-hydrogen) atoms. The standard InChI is InChI=1S/C13H18BrNO/c1-8(2)10-6-9(13(15)4-5-13)7-11(14)12(10)16-3/h6-8H,4-5,15H2,1-3H3. The molecule has 88 valence electrons. The number of hydrogen-bond donors (Lipinski definition) is 1. The monoisotopic (exact) mass is 283 g/mol. The van der Waals surface area contributed by atoms with E-state index in [0.29, 0.717) is 5.92 Å². The average Bonchev–Trinajstić information content (AvgIpc) is 2.96. The maximum absolute atomic E-state index is 6.24. The van der Waals surface area contributed by atoms with E-state index in [4.69, 9.17) is 10.5 Å². The second-order valence-corrected chi connectivity index (χ2v) is 5.75. The van der Waals surface area contributed by atoms with Crippen LogP contribution in [0.2, 0.25) is 0 Å². The molecule has 0 saturated heterocycles. The molecule has 0 heterocycles. The average molecular weight is 284 g/mol. The Labute approximate surface area is 105 Å². The number of rotatable bonds is 3. The SMILES string of the molecule is COc1c(Br)cc(C2(N)CC2)cc1C(C)C. The Bertz CT molecular complexity index is 411. The van der Waals surface area contributed by atoms with E-state index in [2.05, 4.69) is 41.9 Å². The van der Waals surface area contributed by atoms with Crippen LogP contribution in [0.15, 0.2) is 16.6 Å². The van der Waals surface area contributed by atoms with Crippen molar-refractivity contribution >= 4 is 15.9 Å². The molecule has 3 heteroatoms. The minimum atomic E-state index is -0.0849. The highest BCUT2D eigenvalue weighted by molar-refractivity contribution is 9.10. The van der Waals surface area contributed by atoms with E-state index >= 15 is 0 Å². The quantitative estimate of drug-likeness (QED) is 0.921. The lowest BCUT2D eigenvalue weighted by Gasteiger charge is -2.18. The van der Waals surface area contributed by atoms with Gasteiger partial charge in [-0.3, -0.25) is 0 Å². The van der Waals surface area contributed by atoms with Gasteiger partial charge in [-0.05, 0) is 57.9 Å². The Morgan fingerprint density at radius 3 is 2.44 bits per heavy atom. The summed E-state index contributed by atoms with van der Waals surface area (Å²) in [4.78, 5) is 0. The fourth-order valence-corrected chi connectivity index (χ4v) is 2.61. The van der Waals surface area contributed by atoms with Crippen LogP contribution in [0, 0.1) is 0 Å². The number of methoxy groups -OCH3 is 1. The van der Waals surface area contributed by atoms with Crippen molar-refractivity contribution in [3.8, 4) is 5.75 Å². The summed E-state index contributed by atoms with van der Waals surface area (Å²) in [6.45, 7) is 4.34. The van der Waals surface area contributed by atoms with Gasteiger partial charge in [0.15, 0.2) is 0 Å². The van der Waals surface area contributed by atoms with Gasteiger partial charge >= 0.3 is 0 Å². The van der Waals surface area contributed by atoms with E-state index in [9.17, 15) is 0 Å². The molecule has 0 bridgehead atoms. The first kappa shape index (κ1) is 11.9. The van der Waals surface area contributed by atoms with Crippen LogP contribution in [0.4, 0.5) is 0 Å². The summed E-state index contributed by atoms with van der Waals surface area (Å²) < 4.78 is 6.45. The van der Waals surface area contributed by atoms with Crippen molar-refractivity contribution in [3.05, 3.63) is 27.7 Å². The first-order valence-corrected chi connectivity index (χ1v) is 6.44. The Kier molecular flexibility index (Phi) is 3.01. The van der Waals surface area contributed by atoms with Gasteiger partial charge in [0.25, 0.3) is 0 Å². The molecule has 0 radical (unpaired) electrons. The summed E-state index contributed by atoms with van der Waals surface area (Å²) in [6.07, 6.45) is 2.17. The van der Waals surface area contributed by atoms with Crippen molar-refractivity contribution in [2.45, 2.75) is 38.1 Å². The second kappa shape index (κ2) is 4.04. The van der Waals surface area contributed by atoms with E-state index in [0.717, 1.165) is 23.1 Å². The molecule has 2 nitrogen and oxygen atoms in total. The maximum atomic E-state index is 6.24. The predicted octanol–water partition coefficient (Wildman–Crippen LogP) is 3.53. The summed E-state index contributed by atoms with van der Waals surface area (Å²) >= 11 is 3.57. The van der Waals surface area contributed by atoms with Crippen molar-refractivity contribution in [2.75, 3.05) is 7.11 Å². The third kappa shape index (κ3) is 1.98. The van der Waals surface area contributed by atoms with Crippen molar-refractivity contribution in [1.82, 2.24) is 0 Å². The summed E-state index contributed by atoms with van der Waals surface area (Å²) in [5.41, 5.74) is 8.60. The van der Waals surface area contributed by atoms with Crippen molar-refractivity contribution in [3.63, 3.8) is 0 Å². The van der Waals surface area contributed by atoms with Crippen molar-refractivity contribution < 1.29 is 4.74 Å². The molecule has 0 amide bonds. The fraction of sp³-hybridized carbons (Fsp3) is 0.538. The van der Waals surface area contributed by atoms with Crippen molar-refractivity contribution in [2.24, 2.45) is 5.73 Å².